The fourth-order valence-electron chi connectivity index (χ4n) is 4.50. The van der Waals surface area contributed by atoms with Gasteiger partial charge >= 0.3 is 12.1 Å². The van der Waals surface area contributed by atoms with Gasteiger partial charge in [-0.3, -0.25) is 0 Å². The molecule has 8 nitrogen and oxygen atoms in total. The number of ether oxygens (including phenoxy) is 1. The van der Waals surface area contributed by atoms with Crippen LogP contribution in [-0.4, -0.2) is 77.0 Å². The lowest BCUT2D eigenvalue weighted by Crippen LogP contribution is -2.36. The molecule has 1 amide bonds. The molecule has 1 unspecified atom stereocenters. The summed E-state index contributed by atoms with van der Waals surface area (Å²) in [7, 11) is 2.05. The lowest BCUT2D eigenvalue weighted by Gasteiger charge is -2.26. The van der Waals surface area contributed by atoms with E-state index in [4.69, 9.17) is 9.84 Å². The van der Waals surface area contributed by atoms with Crippen LogP contribution < -0.4 is 0 Å². The first-order valence-electron chi connectivity index (χ1n) is 13.5. The molecule has 0 spiro atoms. The Morgan fingerprint density at radius 3 is 2.75 bits per heavy atom. The Labute approximate surface area is 237 Å². The highest BCUT2D eigenvalue weighted by molar-refractivity contribution is 5.90. The van der Waals surface area contributed by atoms with Crippen LogP contribution in [0.3, 0.4) is 0 Å². The molecular formula is C32H40N4O4. The average Bonchev–Trinajstić information content (AvgIpc) is 3.23. The Morgan fingerprint density at radius 1 is 1.30 bits per heavy atom. The summed E-state index contributed by atoms with van der Waals surface area (Å²) < 4.78 is 5.71. The van der Waals surface area contributed by atoms with E-state index < -0.39 is 17.7 Å². The number of hydrogen-bond acceptors (Lipinski definition) is 6. The summed E-state index contributed by atoms with van der Waals surface area (Å²) in [6.07, 6.45) is 18.5. The lowest BCUT2D eigenvalue weighted by molar-refractivity contribution is -0.132. The summed E-state index contributed by atoms with van der Waals surface area (Å²) in [5, 5.41) is 15.9. The molecule has 1 atom stereocenters. The van der Waals surface area contributed by atoms with E-state index >= 15 is 0 Å². The minimum absolute atomic E-state index is 0.107. The van der Waals surface area contributed by atoms with Gasteiger partial charge in [0, 0.05) is 38.0 Å². The number of carboxylic acid groups (broad SMARTS) is 1. The molecule has 1 heterocycles. The summed E-state index contributed by atoms with van der Waals surface area (Å²) in [5.74, 6) is -1.05. The molecule has 1 aliphatic carbocycles. The number of likely N-dealkylation sites (N-methyl/N-ethyl adjacent to an activating group) is 1. The second kappa shape index (κ2) is 14.8. The maximum Gasteiger partial charge on any atom is 0.410 e. The van der Waals surface area contributed by atoms with E-state index in [0.717, 1.165) is 42.8 Å². The molecule has 212 valence electrons. The molecule has 1 saturated heterocycles. The zero-order valence-corrected chi connectivity index (χ0v) is 23.7. The van der Waals surface area contributed by atoms with Gasteiger partial charge in [0.05, 0.1) is 18.3 Å². The van der Waals surface area contributed by atoms with Gasteiger partial charge in [0.15, 0.2) is 0 Å². The molecule has 0 aromatic heterocycles. The highest BCUT2D eigenvalue weighted by Gasteiger charge is 2.40. The molecule has 0 radical (unpaired) electrons. The quantitative estimate of drug-likeness (QED) is 0.139. The van der Waals surface area contributed by atoms with Gasteiger partial charge in [-0.15, -0.1) is 0 Å². The van der Waals surface area contributed by atoms with Gasteiger partial charge in [-0.05, 0) is 63.1 Å². The number of allylic oxidation sites excluding steroid dienone is 6. The van der Waals surface area contributed by atoms with Crippen LogP contribution >= 0.6 is 0 Å². The third-order valence-corrected chi connectivity index (χ3v) is 6.59. The number of carbonyl (C=O) groups excluding carboxylic acids is 1. The minimum Gasteiger partial charge on any atom is -0.478 e. The third-order valence-electron chi connectivity index (χ3n) is 6.59. The van der Waals surface area contributed by atoms with Crippen molar-refractivity contribution in [3.05, 3.63) is 108 Å². The molecule has 1 aliphatic heterocycles. The van der Waals surface area contributed by atoms with Crippen LogP contribution in [0.25, 0.3) is 0 Å². The smallest absolute Gasteiger partial charge is 0.410 e. The van der Waals surface area contributed by atoms with Crippen LogP contribution in [0.15, 0.2) is 108 Å². The van der Waals surface area contributed by atoms with Crippen molar-refractivity contribution in [1.29, 1.82) is 0 Å². The third kappa shape index (κ3) is 9.54. The van der Waals surface area contributed by atoms with Crippen molar-refractivity contribution in [2.24, 2.45) is 5.10 Å². The van der Waals surface area contributed by atoms with E-state index in [2.05, 4.69) is 49.9 Å². The molecule has 2 aliphatic rings. The van der Waals surface area contributed by atoms with Crippen LogP contribution in [0.1, 0.15) is 38.7 Å². The van der Waals surface area contributed by atoms with E-state index in [0.29, 0.717) is 13.0 Å². The number of rotatable bonds is 14. The van der Waals surface area contributed by atoms with Crippen LogP contribution in [0, 0.1) is 0 Å². The predicted octanol–water partition coefficient (Wildman–Crippen LogP) is 5.75. The minimum atomic E-state index is -1.05. The Kier molecular flexibility index (Phi) is 11.3. The van der Waals surface area contributed by atoms with Gasteiger partial charge in [0.2, 0.25) is 0 Å². The van der Waals surface area contributed by atoms with E-state index in [1.54, 1.807) is 11.0 Å². The number of aliphatic carboxylic acids is 1. The number of benzene rings is 1. The van der Waals surface area contributed by atoms with E-state index in [1.165, 1.54) is 18.2 Å². The zero-order valence-electron chi connectivity index (χ0n) is 23.7. The van der Waals surface area contributed by atoms with Crippen molar-refractivity contribution in [3.8, 4) is 0 Å². The summed E-state index contributed by atoms with van der Waals surface area (Å²) in [4.78, 5) is 27.5. The topological polar surface area (TPSA) is 85.7 Å². The fourth-order valence-corrected chi connectivity index (χ4v) is 4.50. The molecule has 0 bridgehead atoms. The zero-order chi connectivity index (χ0) is 29.0. The van der Waals surface area contributed by atoms with Gasteiger partial charge in [-0.1, -0.05) is 61.2 Å². The van der Waals surface area contributed by atoms with Crippen LogP contribution in [0.5, 0.6) is 0 Å². The van der Waals surface area contributed by atoms with Gasteiger partial charge in [-0.2, -0.15) is 5.10 Å². The molecule has 8 heteroatoms. The number of hydrazone groups is 1. The van der Waals surface area contributed by atoms with Crippen molar-refractivity contribution in [3.63, 3.8) is 0 Å². The van der Waals surface area contributed by atoms with Crippen LogP contribution in [0.4, 0.5) is 4.79 Å². The molecule has 1 aromatic rings. The van der Waals surface area contributed by atoms with Crippen LogP contribution in [-0.2, 0) is 9.53 Å². The Balaban J connectivity index is 1.56. The number of carboxylic acids is 1. The number of cyclic esters (lactones) is 1. The van der Waals surface area contributed by atoms with Gasteiger partial charge < -0.3 is 19.6 Å². The number of carbonyl (C=O) groups is 2. The first-order valence-corrected chi connectivity index (χ1v) is 13.5. The summed E-state index contributed by atoms with van der Waals surface area (Å²) in [5.41, 5.74) is 2.84. The second-order valence-electron chi connectivity index (χ2n) is 10.4. The number of nitrogens with zero attached hydrogens (tertiary/aromatic N) is 4. The highest BCUT2D eigenvalue weighted by atomic mass is 16.6. The van der Waals surface area contributed by atoms with Crippen molar-refractivity contribution in [2.45, 2.75) is 38.7 Å². The molecule has 40 heavy (non-hydrogen) atoms. The number of amides is 1. The van der Waals surface area contributed by atoms with Crippen molar-refractivity contribution >= 4 is 18.3 Å². The first-order chi connectivity index (χ1) is 19.2. The van der Waals surface area contributed by atoms with Gasteiger partial charge in [0.25, 0.3) is 0 Å². The van der Waals surface area contributed by atoms with Crippen molar-refractivity contribution in [2.75, 3.05) is 33.2 Å². The molecule has 1 aromatic carbocycles. The largest absolute Gasteiger partial charge is 0.478 e. The average molecular weight is 545 g/mol. The fraction of sp³-hybridized carbons (Fsp3) is 0.344. The Bertz CT molecular complexity index is 1230. The molecule has 0 saturated carbocycles. The number of hydrogen-bond donors (Lipinski definition) is 1. The van der Waals surface area contributed by atoms with E-state index in [9.17, 15) is 14.7 Å². The maximum atomic E-state index is 12.5. The van der Waals surface area contributed by atoms with E-state index in [1.807, 2.05) is 48.5 Å². The van der Waals surface area contributed by atoms with E-state index in [-0.39, 0.29) is 12.1 Å². The predicted molar refractivity (Wildman–Crippen MR) is 160 cm³/mol. The Hall–Kier alpha value is -4.17. The summed E-state index contributed by atoms with van der Waals surface area (Å²) in [6, 6.07) is 10.0. The summed E-state index contributed by atoms with van der Waals surface area (Å²) in [6.45, 7) is 9.76. The monoisotopic (exact) mass is 544 g/mol. The normalized spacial score (nSPS) is 19.9. The van der Waals surface area contributed by atoms with Crippen molar-refractivity contribution < 1.29 is 19.4 Å². The second-order valence-corrected chi connectivity index (χ2v) is 10.4. The van der Waals surface area contributed by atoms with Crippen LogP contribution in [0.2, 0.25) is 0 Å². The Morgan fingerprint density at radius 2 is 2.08 bits per heavy atom. The maximum absolute atomic E-state index is 12.5. The van der Waals surface area contributed by atoms with Gasteiger partial charge in [-0.25, -0.2) is 14.6 Å². The highest BCUT2D eigenvalue weighted by Crippen LogP contribution is 2.26. The molecule has 3 rings (SSSR count). The standard InChI is InChI=1S/C32H40N4O4/c1-5-13-28(30(37)38)16-12-20-35-25-32(3,40-31(35)39)19-21-34(4)23-26(2)24-36(29-17-10-7-11-18-29)33-22-27-14-8-6-9-15-27/h5-10,12-17,22,24H,1,11,18-21,23,25H2,2-4H3,(H,37,38)/b16-12-,26-24+,28-13+,33-22+. The van der Waals surface area contributed by atoms with Crippen molar-refractivity contribution in [1.82, 2.24) is 14.8 Å². The summed E-state index contributed by atoms with van der Waals surface area (Å²) >= 11 is 0. The van der Waals surface area contributed by atoms with Gasteiger partial charge in [0.1, 0.15) is 5.60 Å². The first kappa shape index (κ1) is 30.4. The molecular weight excluding hydrogens is 504 g/mol. The molecule has 1 N–H and O–H groups in total. The molecule has 1 fully saturated rings. The lowest BCUT2D eigenvalue weighted by atomic mass is 10.0. The SMILES string of the molecule is C=C/C=C(\C=C/CN1CC(C)(CCN(C)C/C(C)=C/N(/N=C/c2ccccc2)C2=CC=CCC2)OC1=O)C(=O)O.